The van der Waals surface area contributed by atoms with E-state index in [0.29, 0.717) is 11.5 Å². The Balaban J connectivity index is 4.25. The van der Waals surface area contributed by atoms with Crippen LogP contribution in [0.4, 0.5) is 0 Å². The molecule has 2 nitrogen and oxygen atoms in total. The van der Waals surface area contributed by atoms with Crippen molar-refractivity contribution in [2.24, 2.45) is 5.41 Å². The minimum Gasteiger partial charge on any atom is -0.312 e. The average Bonchev–Trinajstić information content (AvgIpc) is 2.14. The van der Waals surface area contributed by atoms with Crippen LogP contribution < -0.4 is 5.32 Å². The normalized spacial score (nSPS) is 14.6. The van der Waals surface area contributed by atoms with Gasteiger partial charge < -0.3 is 10.2 Å². The second kappa shape index (κ2) is 7.24. The second-order valence-corrected chi connectivity index (χ2v) is 5.37. The lowest BCUT2D eigenvalue weighted by atomic mass is 9.86. The van der Waals surface area contributed by atoms with Gasteiger partial charge in [0.05, 0.1) is 0 Å². The van der Waals surface area contributed by atoms with E-state index in [-0.39, 0.29) is 0 Å². The first kappa shape index (κ1) is 14.9. The molecular formula is C13H30N2. The van der Waals surface area contributed by atoms with Crippen LogP contribution in [0.3, 0.4) is 0 Å². The van der Waals surface area contributed by atoms with Crippen molar-refractivity contribution in [2.75, 3.05) is 26.2 Å². The maximum absolute atomic E-state index is 3.60. The Morgan fingerprint density at radius 1 is 1.13 bits per heavy atom. The van der Waals surface area contributed by atoms with Crippen molar-refractivity contribution in [1.82, 2.24) is 10.2 Å². The monoisotopic (exact) mass is 214 g/mol. The molecule has 0 amide bonds. The number of likely N-dealkylation sites (N-methyl/N-ethyl adjacent to an activating group) is 2. The van der Waals surface area contributed by atoms with Crippen LogP contribution >= 0.6 is 0 Å². The largest absolute Gasteiger partial charge is 0.312 e. The van der Waals surface area contributed by atoms with Gasteiger partial charge in [-0.15, -0.1) is 0 Å². The van der Waals surface area contributed by atoms with E-state index in [4.69, 9.17) is 0 Å². The van der Waals surface area contributed by atoms with Gasteiger partial charge in [0.2, 0.25) is 0 Å². The van der Waals surface area contributed by atoms with Gasteiger partial charge in [0.25, 0.3) is 0 Å². The van der Waals surface area contributed by atoms with Gasteiger partial charge in [-0.2, -0.15) is 0 Å². The summed E-state index contributed by atoms with van der Waals surface area (Å²) >= 11 is 0. The lowest BCUT2D eigenvalue weighted by Gasteiger charge is -2.35. The van der Waals surface area contributed by atoms with Crippen LogP contribution in [0.5, 0.6) is 0 Å². The summed E-state index contributed by atoms with van der Waals surface area (Å²) in [7, 11) is 0. The first-order valence-electron chi connectivity index (χ1n) is 6.41. The van der Waals surface area contributed by atoms with Gasteiger partial charge >= 0.3 is 0 Å². The molecule has 0 spiro atoms. The standard InChI is InChI=1S/C13H30N2/c1-7-10-15(9-3)11-12(14-8-2)13(4,5)6/h12,14H,7-11H2,1-6H3. The zero-order chi connectivity index (χ0) is 11.9. The van der Waals surface area contributed by atoms with Gasteiger partial charge in [-0.3, -0.25) is 0 Å². The zero-order valence-corrected chi connectivity index (χ0v) is 11.6. The fraction of sp³-hybridized carbons (Fsp3) is 1.00. The molecule has 0 aromatic carbocycles. The molecule has 2 heteroatoms. The van der Waals surface area contributed by atoms with Crippen molar-refractivity contribution < 1.29 is 0 Å². The highest BCUT2D eigenvalue weighted by molar-refractivity contribution is 4.82. The molecule has 0 aliphatic heterocycles. The Labute approximate surface area is 96.4 Å². The Morgan fingerprint density at radius 2 is 1.73 bits per heavy atom. The van der Waals surface area contributed by atoms with Crippen molar-refractivity contribution >= 4 is 0 Å². The summed E-state index contributed by atoms with van der Waals surface area (Å²) in [6, 6.07) is 0.592. The van der Waals surface area contributed by atoms with Crippen LogP contribution in [0.2, 0.25) is 0 Å². The molecule has 1 atom stereocenters. The van der Waals surface area contributed by atoms with Gasteiger partial charge in [-0.05, 0) is 31.5 Å². The van der Waals surface area contributed by atoms with Gasteiger partial charge in [-0.25, -0.2) is 0 Å². The van der Waals surface area contributed by atoms with Gasteiger partial charge in [0.1, 0.15) is 0 Å². The van der Waals surface area contributed by atoms with E-state index in [1.54, 1.807) is 0 Å². The van der Waals surface area contributed by atoms with Crippen molar-refractivity contribution in [2.45, 2.75) is 54.0 Å². The molecular weight excluding hydrogens is 184 g/mol. The van der Waals surface area contributed by atoms with Crippen molar-refractivity contribution in [1.29, 1.82) is 0 Å². The molecule has 0 bridgehead atoms. The lowest BCUT2D eigenvalue weighted by Crippen LogP contribution is -2.48. The third-order valence-electron chi connectivity index (χ3n) is 2.92. The molecule has 1 N–H and O–H groups in total. The Kier molecular flexibility index (Phi) is 7.20. The zero-order valence-electron chi connectivity index (χ0n) is 11.6. The average molecular weight is 214 g/mol. The van der Waals surface area contributed by atoms with E-state index in [9.17, 15) is 0 Å². The van der Waals surface area contributed by atoms with Crippen LogP contribution in [-0.2, 0) is 0 Å². The molecule has 0 saturated carbocycles. The van der Waals surface area contributed by atoms with Crippen molar-refractivity contribution in [3.63, 3.8) is 0 Å². The van der Waals surface area contributed by atoms with Crippen molar-refractivity contribution in [3.8, 4) is 0 Å². The summed E-state index contributed by atoms with van der Waals surface area (Å²) in [5.41, 5.74) is 0.344. The summed E-state index contributed by atoms with van der Waals surface area (Å²) in [4.78, 5) is 2.54. The van der Waals surface area contributed by atoms with Crippen molar-refractivity contribution in [3.05, 3.63) is 0 Å². The molecule has 0 heterocycles. The quantitative estimate of drug-likeness (QED) is 0.701. The van der Waals surface area contributed by atoms with Crippen LogP contribution in [0, 0.1) is 5.41 Å². The molecule has 92 valence electrons. The molecule has 0 saturated heterocycles. The summed E-state index contributed by atoms with van der Waals surface area (Å²) in [5, 5.41) is 3.60. The van der Waals surface area contributed by atoms with Crippen LogP contribution in [-0.4, -0.2) is 37.1 Å². The minimum atomic E-state index is 0.344. The maximum Gasteiger partial charge on any atom is 0.0243 e. The molecule has 0 aliphatic rings. The number of hydrogen-bond donors (Lipinski definition) is 1. The summed E-state index contributed by atoms with van der Waals surface area (Å²) in [6.45, 7) is 18.3. The molecule has 0 rings (SSSR count). The Hall–Kier alpha value is -0.0800. The maximum atomic E-state index is 3.60. The molecule has 0 aromatic rings. The molecule has 0 fully saturated rings. The van der Waals surface area contributed by atoms with E-state index in [1.165, 1.54) is 19.5 Å². The Bertz CT molecular complexity index is 149. The predicted molar refractivity (Wildman–Crippen MR) is 69.3 cm³/mol. The smallest absolute Gasteiger partial charge is 0.0243 e. The number of hydrogen-bond acceptors (Lipinski definition) is 2. The molecule has 1 unspecified atom stereocenters. The number of nitrogens with zero attached hydrogens (tertiary/aromatic N) is 1. The summed E-state index contributed by atoms with van der Waals surface area (Å²) in [5.74, 6) is 0. The third-order valence-corrected chi connectivity index (χ3v) is 2.92. The highest BCUT2D eigenvalue weighted by atomic mass is 15.1. The highest BCUT2D eigenvalue weighted by Crippen LogP contribution is 2.20. The first-order valence-corrected chi connectivity index (χ1v) is 6.41. The topological polar surface area (TPSA) is 15.3 Å². The van der Waals surface area contributed by atoms with E-state index in [1.807, 2.05) is 0 Å². The summed E-state index contributed by atoms with van der Waals surface area (Å²) < 4.78 is 0. The Morgan fingerprint density at radius 3 is 2.07 bits per heavy atom. The van der Waals surface area contributed by atoms with Crippen LogP contribution in [0.25, 0.3) is 0 Å². The minimum absolute atomic E-state index is 0.344. The van der Waals surface area contributed by atoms with Crippen LogP contribution in [0.1, 0.15) is 48.0 Å². The number of nitrogens with one attached hydrogen (secondary N) is 1. The lowest BCUT2D eigenvalue weighted by molar-refractivity contribution is 0.179. The predicted octanol–water partition coefficient (Wildman–Crippen LogP) is 2.74. The SMILES string of the molecule is CCCN(CC)CC(NCC)C(C)(C)C. The first-order chi connectivity index (χ1) is 6.95. The molecule has 0 radical (unpaired) electrons. The van der Waals surface area contributed by atoms with E-state index in [0.717, 1.165) is 13.1 Å². The molecule has 0 aliphatic carbocycles. The molecule has 0 aromatic heterocycles. The fourth-order valence-electron chi connectivity index (χ4n) is 1.84. The van der Waals surface area contributed by atoms with E-state index < -0.39 is 0 Å². The molecule has 15 heavy (non-hydrogen) atoms. The highest BCUT2D eigenvalue weighted by Gasteiger charge is 2.24. The number of rotatable bonds is 7. The second-order valence-electron chi connectivity index (χ2n) is 5.37. The van der Waals surface area contributed by atoms with Gasteiger partial charge in [0.15, 0.2) is 0 Å². The van der Waals surface area contributed by atoms with Gasteiger partial charge in [-0.1, -0.05) is 41.5 Å². The van der Waals surface area contributed by atoms with Gasteiger partial charge in [0, 0.05) is 12.6 Å². The van der Waals surface area contributed by atoms with E-state index in [2.05, 4.69) is 51.8 Å². The fourth-order valence-corrected chi connectivity index (χ4v) is 1.84. The third kappa shape index (κ3) is 6.16. The van der Waals surface area contributed by atoms with E-state index >= 15 is 0 Å². The van der Waals surface area contributed by atoms with Crippen LogP contribution in [0.15, 0.2) is 0 Å². The summed E-state index contributed by atoms with van der Waals surface area (Å²) in [6.07, 6.45) is 1.25.